The van der Waals surface area contributed by atoms with Crippen LogP contribution in [0.25, 0.3) is 28.7 Å². The Morgan fingerprint density at radius 1 is 1.00 bits per heavy atom. The van der Waals surface area contributed by atoms with Crippen LogP contribution in [-0.4, -0.2) is 41.9 Å². The van der Waals surface area contributed by atoms with Crippen LogP contribution < -0.4 is 9.64 Å². The van der Waals surface area contributed by atoms with Crippen molar-refractivity contribution in [2.24, 2.45) is 0 Å². The Morgan fingerprint density at radius 3 is 2.61 bits per heavy atom. The number of allylic oxidation sites excluding steroid dienone is 1. The number of hydrogen-bond donors (Lipinski definition) is 1. The Bertz CT molecular complexity index is 1430. The maximum absolute atomic E-state index is 11.5. The van der Waals surface area contributed by atoms with Gasteiger partial charge in [-0.1, -0.05) is 48.6 Å². The number of aromatic nitrogens is 1. The predicted octanol–water partition coefficient (Wildman–Crippen LogP) is 5.66. The third-order valence-electron chi connectivity index (χ3n) is 6.40. The molecule has 0 saturated carbocycles. The van der Waals surface area contributed by atoms with Crippen LogP contribution in [0.4, 0.5) is 6.01 Å². The summed E-state index contributed by atoms with van der Waals surface area (Å²) < 4.78 is 17.7. The molecule has 180 valence electrons. The van der Waals surface area contributed by atoms with Gasteiger partial charge in [-0.15, -0.1) is 0 Å². The van der Waals surface area contributed by atoms with Crippen molar-refractivity contribution in [3.63, 3.8) is 0 Å². The topological polar surface area (TPSA) is 85.0 Å². The molecule has 2 aliphatic rings. The Hall–Kier alpha value is -4.36. The fourth-order valence-electron chi connectivity index (χ4n) is 4.59. The molecule has 6 rings (SSSR count). The number of carboxylic acid groups (broad SMARTS) is 1. The molecule has 0 radical (unpaired) electrons. The normalized spacial score (nSPS) is 16.7. The summed E-state index contributed by atoms with van der Waals surface area (Å²) >= 11 is 0. The van der Waals surface area contributed by atoms with Crippen molar-refractivity contribution in [1.82, 2.24) is 4.98 Å². The van der Waals surface area contributed by atoms with Gasteiger partial charge in [0, 0.05) is 17.7 Å². The zero-order valence-electron chi connectivity index (χ0n) is 19.5. The van der Waals surface area contributed by atoms with Crippen LogP contribution in [0.3, 0.4) is 0 Å². The fourth-order valence-corrected chi connectivity index (χ4v) is 4.59. The molecule has 1 aliphatic heterocycles. The van der Waals surface area contributed by atoms with Crippen LogP contribution in [0, 0.1) is 0 Å². The van der Waals surface area contributed by atoms with Gasteiger partial charge in [0.05, 0.1) is 13.2 Å². The van der Waals surface area contributed by atoms with Crippen LogP contribution in [-0.2, 0) is 16.0 Å². The standard InChI is InChI=1S/C29H24N2O5/c32-28(33)25-18-31(16-17-34-25)29-30-26(27(36-29)24-11-5-7-19-6-4-10-23(19)24)20-12-14-22(15-13-20)35-21-8-2-1-3-9-21/h1-5,7-15,25H,6,16-18H2,(H,32,33). The lowest BCUT2D eigenvalue weighted by Gasteiger charge is -2.29. The summed E-state index contributed by atoms with van der Waals surface area (Å²) in [6.45, 7) is 0.963. The summed E-state index contributed by atoms with van der Waals surface area (Å²) in [5.41, 5.74) is 4.89. The van der Waals surface area contributed by atoms with Crippen LogP contribution in [0.15, 0.2) is 83.3 Å². The molecular formula is C29H24N2O5. The van der Waals surface area contributed by atoms with Gasteiger partial charge in [0.1, 0.15) is 17.2 Å². The third-order valence-corrected chi connectivity index (χ3v) is 6.40. The lowest BCUT2D eigenvalue weighted by molar-refractivity contribution is -0.150. The largest absolute Gasteiger partial charge is 0.479 e. The van der Waals surface area contributed by atoms with Gasteiger partial charge in [-0.2, -0.15) is 4.98 Å². The smallest absolute Gasteiger partial charge is 0.334 e. The lowest BCUT2D eigenvalue weighted by Crippen LogP contribution is -2.46. The molecule has 3 aromatic carbocycles. The molecule has 4 aromatic rings. The number of anilines is 1. The van der Waals surface area contributed by atoms with Gasteiger partial charge in [0.15, 0.2) is 11.9 Å². The van der Waals surface area contributed by atoms with E-state index in [1.807, 2.05) is 71.6 Å². The van der Waals surface area contributed by atoms with Crippen LogP contribution in [0.1, 0.15) is 11.1 Å². The molecule has 0 spiro atoms. The first-order valence-electron chi connectivity index (χ1n) is 11.9. The van der Waals surface area contributed by atoms with Gasteiger partial charge in [-0.3, -0.25) is 0 Å². The number of nitrogens with zero attached hydrogens (tertiary/aromatic N) is 2. The molecular weight excluding hydrogens is 456 g/mol. The number of para-hydroxylation sites is 1. The van der Waals surface area contributed by atoms with E-state index in [0.717, 1.165) is 34.6 Å². The number of carbonyl (C=O) groups is 1. The molecule has 36 heavy (non-hydrogen) atoms. The average molecular weight is 481 g/mol. The van der Waals surface area contributed by atoms with Gasteiger partial charge in [-0.05, 0) is 53.9 Å². The van der Waals surface area contributed by atoms with Crippen molar-refractivity contribution in [2.45, 2.75) is 12.5 Å². The molecule has 1 atom stereocenters. The summed E-state index contributed by atoms with van der Waals surface area (Å²) in [6.07, 6.45) is 4.22. The zero-order valence-corrected chi connectivity index (χ0v) is 19.5. The number of ether oxygens (including phenoxy) is 2. The van der Waals surface area contributed by atoms with E-state index in [1.54, 1.807) is 0 Å². The Balaban J connectivity index is 1.39. The summed E-state index contributed by atoms with van der Waals surface area (Å²) in [5, 5.41) is 9.43. The maximum atomic E-state index is 11.5. The number of morpholine rings is 1. The number of fused-ring (bicyclic) bond motifs is 1. The SMILES string of the molecule is O=C(O)C1CN(c2nc(-c3ccc(Oc4ccccc4)cc3)c(-c3cccc4c3C=CC4)o2)CCO1. The minimum atomic E-state index is -0.994. The number of benzene rings is 3. The molecule has 0 amide bonds. The Labute approximate surface area is 208 Å². The number of rotatable bonds is 6. The van der Waals surface area contributed by atoms with Crippen molar-refractivity contribution < 1.29 is 23.8 Å². The van der Waals surface area contributed by atoms with E-state index in [4.69, 9.17) is 18.9 Å². The molecule has 2 heterocycles. The summed E-state index contributed by atoms with van der Waals surface area (Å²) in [6, 6.07) is 23.9. The van der Waals surface area contributed by atoms with E-state index in [9.17, 15) is 9.90 Å². The molecule has 1 N–H and O–H groups in total. The van der Waals surface area contributed by atoms with Crippen molar-refractivity contribution in [2.75, 3.05) is 24.6 Å². The molecule has 1 saturated heterocycles. The average Bonchev–Trinajstić information content (AvgIpc) is 3.58. The van der Waals surface area contributed by atoms with Crippen molar-refractivity contribution >= 4 is 18.1 Å². The summed E-state index contributed by atoms with van der Waals surface area (Å²) in [7, 11) is 0. The van der Waals surface area contributed by atoms with E-state index in [2.05, 4.69) is 18.2 Å². The van der Waals surface area contributed by atoms with Crippen molar-refractivity contribution in [3.05, 3.63) is 90.0 Å². The summed E-state index contributed by atoms with van der Waals surface area (Å²) in [4.78, 5) is 18.2. The van der Waals surface area contributed by atoms with Crippen LogP contribution >= 0.6 is 0 Å². The Kier molecular flexibility index (Phi) is 5.75. The van der Waals surface area contributed by atoms with Gasteiger partial charge in [0.25, 0.3) is 6.01 Å². The number of aliphatic carboxylic acids is 1. The van der Waals surface area contributed by atoms with E-state index in [1.165, 1.54) is 5.56 Å². The van der Waals surface area contributed by atoms with E-state index in [0.29, 0.717) is 30.6 Å². The molecule has 7 nitrogen and oxygen atoms in total. The predicted molar refractivity (Wildman–Crippen MR) is 136 cm³/mol. The van der Waals surface area contributed by atoms with Gasteiger partial charge in [-0.25, -0.2) is 4.79 Å². The first kappa shape index (κ1) is 22.1. The van der Waals surface area contributed by atoms with Gasteiger partial charge >= 0.3 is 5.97 Å². The second kappa shape index (κ2) is 9.36. The third kappa shape index (κ3) is 4.25. The highest BCUT2D eigenvalue weighted by Crippen LogP contribution is 2.40. The highest BCUT2D eigenvalue weighted by atomic mass is 16.5. The van der Waals surface area contributed by atoms with Crippen LogP contribution in [0.2, 0.25) is 0 Å². The highest BCUT2D eigenvalue weighted by molar-refractivity contribution is 5.85. The molecule has 1 aromatic heterocycles. The van der Waals surface area contributed by atoms with Crippen LogP contribution in [0.5, 0.6) is 11.5 Å². The Morgan fingerprint density at radius 2 is 1.81 bits per heavy atom. The molecule has 0 bridgehead atoms. The molecule has 1 fully saturated rings. The number of oxazole rings is 1. The highest BCUT2D eigenvalue weighted by Gasteiger charge is 2.30. The minimum absolute atomic E-state index is 0.172. The maximum Gasteiger partial charge on any atom is 0.334 e. The van der Waals surface area contributed by atoms with Crippen molar-refractivity contribution in [1.29, 1.82) is 0 Å². The van der Waals surface area contributed by atoms with E-state index in [-0.39, 0.29) is 6.54 Å². The quantitative estimate of drug-likeness (QED) is 0.381. The summed E-state index contributed by atoms with van der Waals surface area (Å²) in [5.74, 6) is 1.15. The second-order valence-corrected chi connectivity index (χ2v) is 8.74. The van der Waals surface area contributed by atoms with E-state index >= 15 is 0 Å². The lowest BCUT2D eigenvalue weighted by atomic mass is 9.98. The number of hydrogen-bond acceptors (Lipinski definition) is 6. The first-order valence-corrected chi connectivity index (χ1v) is 11.9. The minimum Gasteiger partial charge on any atom is -0.479 e. The second-order valence-electron chi connectivity index (χ2n) is 8.74. The van der Waals surface area contributed by atoms with Gasteiger partial charge in [0.2, 0.25) is 0 Å². The van der Waals surface area contributed by atoms with E-state index < -0.39 is 12.1 Å². The fraction of sp³-hybridized carbons (Fsp3) is 0.172. The first-order chi connectivity index (χ1) is 17.7. The number of carboxylic acids is 1. The molecule has 1 unspecified atom stereocenters. The monoisotopic (exact) mass is 480 g/mol. The molecule has 7 heteroatoms. The zero-order chi connectivity index (χ0) is 24.5. The van der Waals surface area contributed by atoms with Crippen molar-refractivity contribution in [3.8, 4) is 34.1 Å². The van der Waals surface area contributed by atoms with Gasteiger partial charge < -0.3 is 23.9 Å². The molecule has 1 aliphatic carbocycles.